The molecule has 0 spiro atoms. The highest BCUT2D eigenvalue weighted by Gasteiger charge is 2.30. The summed E-state index contributed by atoms with van der Waals surface area (Å²) in [5.74, 6) is 0.732. The van der Waals surface area contributed by atoms with Gasteiger partial charge in [-0.2, -0.15) is 0 Å². The molecule has 0 radical (unpaired) electrons. The third-order valence-electron chi connectivity index (χ3n) is 4.56. The van der Waals surface area contributed by atoms with Crippen LogP contribution in [0.1, 0.15) is 36.7 Å². The second-order valence-corrected chi connectivity index (χ2v) is 8.69. The molecule has 0 aliphatic carbocycles. The molecule has 1 amide bonds. The molecule has 0 saturated carbocycles. The number of nitrogens with zero attached hydrogens (tertiary/aromatic N) is 2. The zero-order valence-electron chi connectivity index (χ0n) is 18.9. The largest absolute Gasteiger partial charge is 0.490 e. The highest BCUT2D eigenvalue weighted by molar-refractivity contribution is 9.10. The average molecular weight is 533 g/mol. The molecule has 7 nitrogen and oxygen atoms in total. The molecule has 2 aromatic rings. The van der Waals surface area contributed by atoms with Crippen molar-refractivity contribution in [3.63, 3.8) is 0 Å². The summed E-state index contributed by atoms with van der Waals surface area (Å²) in [7, 11) is 1.68. The van der Waals surface area contributed by atoms with Crippen LogP contribution in [0.5, 0.6) is 11.5 Å². The van der Waals surface area contributed by atoms with Gasteiger partial charge in [0.15, 0.2) is 16.7 Å². The molecule has 0 unspecified atom stereocenters. The molecule has 0 aromatic heterocycles. The van der Waals surface area contributed by atoms with E-state index in [1.165, 1.54) is 16.7 Å². The first-order valence-corrected chi connectivity index (χ1v) is 12.1. The van der Waals surface area contributed by atoms with Gasteiger partial charge in [0.25, 0.3) is 5.91 Å². The van der Waals surface area contributed by atoms with Crippen LogP contribution in [-0.2, 0) is 9.53 Å². The van der Waals surface area contributed by atoms with E-state index in [0.717, 1.165) is 10.0 Å². The van der Waals surface area contributed by atoms with Crippen LogP contribution in [0.4, 0.5) is 5.69 Å². The van der Waals surface area contributed by atoms with E-state index in [2.05, 4.69) is 20.9 Å². The number of aliphatic imine (C=N–C) groups is 1. The molecule has 1 aliphatic heterocycles. The van der Waals surface area contributed by atoms with Crippen LogP contribution in [-0.4, -0.2) is 48.8 Å². The van der Waals surface area contributed by atoms with Crippen LogP contribution in [0.25, 0.3) is 6.08 Å². The molecule has 2 aromatic carbocycles. The topological polar surface area (TPSA) is 77.4 Å². The normalized spacial score (nSPS) is 15.9. The number of likely N-dealkylation sites (N-methyl/N-ethyl adjacent to an activating group) is 1. The number of thioether (sulfide) groups is 1. The first kappa shape index (κ1) is 24.9. The van der Waals surface area contributed by atoms with E-state index in [1.807, 2.05) is 26.0 Å². The van der Waals surface area contributed by atoms with Crippen LogP contribution in [0, 0.1) is 0 Å². The van der Waals surface area contributed by atoms with Crippen molar-refractivity contribution < 1.29 is 23.8 Å². The second kappa shape index (κ2) is 11.4. The Morgan fingerprint density at radius 1 is 1.06 bits per heavy atom. The predicted octanol–water partition coefficient (Wildman–Crippen LogP) is 5.66. The van der Waals surface area contributed by atoms with Gasteiger partial charge < -0.3 is 14.2 Å². The summed E-state index contributed by atoms with van der Waals surface area (Å²) in [5.41, 5.74) is 1.88. The van der Waals surface area contributed by atoms with Crippen LogP contribution in [0.3, 0.4) is 0 Å². The molecule has 3 rings (SSSR count). The molecule has 1 heterocycles. The predicted molar refractivity (Wildman–Crippen MR) is 134 cm³/mol. The van der Waals surface area contributed by atoms with E-state index >= 15 is 0 Å². The monoisotopic (exact) mass is 532 g/mol. The summed E-state index contributed by atoms with van der Waals surface area (Å²) in [6, 6.07) is 10.4. The third-order valence-corrected chi connectivity index (χ3v) is 6.30. The maximum Gasteiger partial charge on any atom is 0.338 e. The highest BCUT2D eigenvalue weighted by atomic mass is 79.9. The van der Waals surface area contributed by atoms with Gasteiger partial charge in [-0.05, 0) is 80.6 Å². The lowest BCUT2D eigenvalue weighted by Crippen LogP contribution is -2.23. The molecule has 174 valence electrons. The minimum Gasteiger partial charge on any atom is -0.490 e. The minimum atomic E-state index is -0.378. The van der Waals surface area contributed by atoms with Gasteiger partial charge in [0.1, 0.15) is 0 Å². The molecular weight excluding hydrogens is 508 g/mol. The number of amides is 1. The Morgan fingerprint density at radius 3 is 2.30 bits per heavy atom. The molecule has 1 aliphatic rings. The lowest BCUT2D eigenvalue weighted by Gasteiger charge is -2.13. The number of amidine groups is 1. The number of carbonyl (C=O) groups excluding carboxylic acids is 2. The molecule has 1 saturated heterocycles. The van der Waals surface area contributed by atoms with Gasteiger partial charge in [0.05, 0.1) is 36.0 Å². The van der Waals surface area contributed by atoms with Gasteiger partial charge >= 0.3 is 5.97 Å². The van der Waals surface area contributed by atoms with Crippen LogP contribution >= 0.6 is 27.7 Å². The van der Waals surface area contributed by atoms with E-state index in [4.69, 9.17) is 14.2 Å². The zero-order chi connectivity index (χ0) is 24.0. The second-order valence-electron chi connectivity index (χ2n) is 6.82. The summed E-state index contributed by atoms with van der Waals surface area (Å²) in [5, 5.41) is 0.544. The molecule has 33 heavy (non-hydrogen) atoms. The highest BCUT2D eigenvalue weighted by Crippen LogP contribution is 2.38. The van der Waals surface area contributed by atoms with Crippen LogP contribution < -0.4 is 9.47 Å². The summed E-state index contributed by atoms with van der Waals surface area (Å²) < 4.78 is 17.1. The van der Waals surface area contributed by atoms with Gasteiger partial charge in [0.2, 0.25) is 0 Å². The van der Waals surface area contributed by atoms with E-state index < -0.39 is 0 Å². The number of carbonyl (C=O) groups is 2. The van der Waals surface area contributed by atoms with Gasteiger partial charge in [-0.3, -0.25) is 9.69 Å². The van der Waals surface area contributed by atoms with Gasteiger partial charge in [-0.25, -0.2) is 9.79 Å². The Morgan fingerprint density at radius 2 is 1.70 bits per heavy atom. The van der Waals surface area contributed by atoms with Gasteiger partial charge in [-0.15, -0.1) is 0 Å². The maximum atomic E-state index is 12.8. The van der Waals surface area contributed by atoms with Crippen molar-refractivity contribution in [1.82, 2.24) is 4.90 Å². The van der Waals surface area contributed by atoms with Crippen molar-refractivity contribution in [3.8, 4) is 11.5 Å². The smallest absolute Gasteiger partial charge is 0.338 e. The Hall–Kier alpha value is -2.78. The standard InChI is InChI=1S/C24H25BrN2O5S/c1-5-30-19-12-16(18(25)14-20(19)31-6-2)13-21-22(28)27(4)24(33-21)26-17-10-8-15(9-11-17)23(29)32-7-3/h8-14H,5-7H2,1-4H3. The number of halogens is 1. The van der Waals surface area contributed by atoms with Crippen molar-refractivity contribution in [2.75, 3.05) is 26.9 Å². The van der Waals surface area contributed by atoms with E-state index in [1.54, 1.807) is 44.3 Å². The summed E-state index contributed by atoms with van der Waals surface area (Å²) in [6.07, 6.45) is 1.80. The van der Waals surface area contributed by atoms with Crippen molar-refractivity contribution in [3.05, 3.63) is 56.9 Å². The van der Waals surface area contributed by atoms with E-state index in [9.17, 15) is 9.59 Å². The van der Waals surface area contributed by atoms with Crippen molar-refractivity contribution in [2.24, 2.45) is 4.99 Å². The summed E-state index contributed by atoms with van der Waals surface area (Å²) in [4.78, 5) is 31.3. The van der Waals surface area contributed by atoms with Crippen molar-refractivity contribution in [1.29, 1.82) is 0 Å². The number of rotatable bonds is 8. The number of esters is 1. The summed E-state index contributed by atoms with van der Waals surface area (Å²) >= 11 is 4.84. The first-order chi connectivity index (χ1) is 15.9. The Kier molecular flexibility index (Phi) is 8.57. The summed E-state index contributed by atoms with van der Waals surface area (Å²) in [6.45, 7) is 6.92. The molecule has 0 atom stereocenters. The maximum absolute atomic E-state index is 12.8. The lowest BCUT2D eigenvalue weighted by molar-refractivity contribution is -0.121. The molecule has 9 heteroatoms. The number of ether oxygens (including phenoxy) is 3. The van der Waals surface area contributed by atoms with Crippen molar-refractivity contribution >= 4 is 56.5 Å². The number of benzene rings is 2. The Labute approximate surface area is 205 Å². The molecule has 0 bridgehead atoms. The lowest BCUT2D eigenvalue weighted by atomic mass is 10.2. The fourth-order valence-electron chi connectivity index (χ4n) is 2.99. The van der Waals surface area contributed by atoms with Crippen molar-refractivity contribution in [2.45, 2.75) is 20.8 Å². The van der Waals surface area contributed by atoms with E-state index in [0.29, 0.717) is 52.6 Å². The quantitative estimate of drug-likeness (QED) is 0.322. The van der Waals surface area contributed by atoms with E-state index in [-0.39, 0.29) is 11.9 Å². The number of hydrogen-bond acceptors (Lipinski definition) is 7. The Bertz CT molecular complexity index is 1100. The van der Waals surface area contributed by atoms with Gasteiger partial charge in [0, 0.05) is 11.5 Å². The van der Waals surface area contributed by atoms with Crippen LogP contribution in [0.15, 0.2) is 50.8 Å². The molecule has 1 fully saturated rings. The molecule has 0 N–H and O–H groups in total. The first-order valence-electron chi connectivity index (χ1n) is 10.5. The number of hydrogen-bond donors (Lipinski definition) is 0. The Balaban J connectivity index is 1.86. The SMILES string of the molecule is CCOC(=O)c1ccc(N=C2SC(=Cc3cc(OCC)c(OCC)cc3Br)C(=O)N2C)cc1. The van der Waals surface area contributed by atoms with Gasteiger partial charge in [-0.1, -0.05) is 15.9 Å². The average Bonchev–Trinajstić information content (AvgIpc) is 3.05. The minimum absolute atomic E-state index is 0.152. The molecular formula is C24H25BrN2O5S. The fourth-order valence-corrected chi connectivity index (χ4v) is 4.40. The third kappa shape index (κ3) is 5.97. The zero-order valence-corrected chi connectivity index (χ0v) is 21.3. The fraction of sp³-hybridized carbons (Fsp3) is 0.292. The van der Waals surface area contributed by atoms with Crippen LogP contribution in [0.2, 0.25) is 0 Å².